The second-order valence-corrected chi connectivity index (χ2v) is 11.2. The first-order chi connectivity index (χ1) is 15.3. The number of hydrogen-bond acceptors (Lipinski definition) is 4. The second-order valence-electron chi connectivity index (χ2n) is 8.67. The summed E-state index contributed by atoms with van der Waals surface area (Å²) >= 11 is 3.50. The molecule has 2 atom stereocenters. The van der Waals surface area contributed by atoms with E-state index in [9.17, 15) is 4.21 Å². The van der Waals surface area contributed by atoms with E-state index in [1.807, 2.05) is 56.3 Å². The number of pyridine rings is 1. The van der Waals surface area contributed by atoms with Crippen LogP contribution in [0.15, 0.2) is 69.8 Å². The summed E-state index contributed by atoms with van der Waals surface area (Å²) in [5.41, 5.74) is 5.81. The van der Waals surface area contributed by atoms with Gasteiger partial charge in [-0.25, -0.2) is 9.19 Å². The molecule has 166 valence electrons. The largest absolute Gasteiger partial charge is 0.356 e. The van der Waals surface area contributed by atoms with Gasteiger partial charge in [0.15, 0.2) is 5.58 Å². The van der Waals surface area contributed by atoms with E-state index in [4.69, 9.17) is 14.6 Å². The van der Waals surface area contributed by atoms with Crippen molar-refractivity contribution in [2.45, 2.75) is 44.3 Å². The number of nitrogens with zero attached hydrogens (tertiary/aromatic N) is 2. The van der Waals surface area contributed by atoms with Crippen LogP contribution in [0.4, 0.5) is 0 Å². The fourth-order valence-electron chi connectivity index (χ4n) is 4.10. The molecular formula is C25H26BrN3O2S. The summed E-state index contributed by atoms with van der Waals surface area (Å²) in [4.78, 5) is 4.73. The first-order valence-electron chi connectivity index (χ1n) is 10.5. The molecule has 2 aromatic heterocycles. The first kappa shape index (κ1) is 22.8. The molecule has 2 N–H and O–H groups in total. The molecule has 0 amide bonds. The number of hydrogen-bond donors (Lipinski definition) is 1. The summed E-state index contributed by atoms with van der Waals surface area (Å²) in [5.74, 6) is 0.0321. The highest BCUT2D eigenvalue weighted by Gasteiger charge is 2.31. The van der Waals surface area contributed by atoms with Gasteiger partial charge in [0.1, 0.15) is 10.3 Å². The zero-order valence-corrected chi connectivity index (χ0v) is 20.7. The van der Waals surface area contributed by atoms with E-state index in [1.54, 1.807) is 0 Å². The van der Waals surface area contributed by atoms with Crippen LogP contribution in [0.1, 0.15) is 43.0 Å². The summed E-state index contributed by atoms with van der Waals surface area (Å²) in [6.45, 7) is 5.96. The van der Waals surface area contributed by atoms with Gasteiger partial charge in [0.25, 0.3) is 0 Å². The van der Waals surface area contributed by atoms with Crippen LogP contribution in [0.5, 0.6) is 0 Å². The number of para-hydroxylation sites is 1. The molecule has 2 aromatic carbocycles. The zero-order valence-electron chi connectivity index (χ0n) is 18.3. The van der Waals surface area contributed by atoms with Crippen molar-refractivity contribution in [1.82, 2.24) is 10.1 Å². The number of fused-ring (bicyclic) bond motifs is 1. The van der Waals surface area contributed by atoms with Crippen molar-refractivity contribution in [2.24, 2.45) is 5.14 Å². The maximum absolute atomic E-state index is 12.3. The highest BCUT2D eigenvalue weighted by atomic mass is 79.9. The molecule has 2 heterocycles. The number of halogens is 1. The lowest BCUT2D eigenvalue weighted by Crippen LogP contribution is -2.34. The van der Waals surface area contributed by atoms with Gasteiger partial charge in [-0.3, -0.25) is 5.14 Å². The molecule has 0 fully saturated rings. The Hall–Kier alpha value is -2.35. The third-order valence-corrected chi connectivity index (χ3v) is 7.62. The molecule has 0 aliphatic carbocycles. The van der Waals surface area contributed by atoms with Gasteiger partial charge in [-0.1, -0.05) is 47.6 Å². The topological polar surface area (TPSA) is 82.0 Å². The van der Waals surface area contributed by atoms with Crippen LogP contribution in [0, 0.1) is 6.92 Å². The monoisotopic (exact) mass is 511 g/mol. The van der Waals surface area contributed by atoms with Gasteiger partial charge in [0.05, 0.1) is 15.7 Å². The van der Waals surface area contributed by atoms with E-state index in [0.717, 1.165) is 43.7 Å². The smallest absolute Gasteiger partial charge is 0.167 e. The Morgan fingerprint density at radius 3 is 2.59 bits per heavy atom. The van der Waals surface area contributed by atoms with Gasteiger partial charge in [-0.15, -0.1) is 0 Å². The lowest BCUT2D eigenvalue weighted by atomic mass is 9.82. The number of aryl methyl sites for hydroxylation is 1. The molecule has 5 nitrogen and oxygen atoms in total. The molecule has 0 spiro atoms. The standard InChI is InChI=1S/C25H26BrN3O2S/c1-16-12-13-23(26)28-21(16)14-17(15-25(2,3)32(27)30)18-8-4-5-9-19(18)24-20-10-6-7-11-22(20)31-29-24/h4-13,17H,14-15,27H2,1-3H3/t17-,32?/m0/s1. The van der Waals surface area contributed by atoms with Crippen molar-refractivity contribution in [3.05, 3.63) is 82.1 Å². The average Bonchev–Trinajstić information content (AvgIpc) is 3.19. The molecule has 0 radical (unpaired) electrons. The Bertz CT molecular complexity index is 1290. The highest BCUT2D eigenvalue weighted by Crippen LogP contribution is 2.39. The summed E-state index contributed by atoms with van der Waals surface area (Å²) in [6, 6.07) is 20.1. The number of aromatic nitrogens is 2. The van der Waals surface area contributed by atoms with Crippen molar-refractivity contribution >= 4 is 37.9 Å². The van der Waals surface area contributed by atoms with Gasteiger partial charge < -0.3 is 4.52 Å². The Morgan fingerprint density at radius 1 is 1.09 bits per heavy atom. The molecular weight excluding hydrogens is 486 g/mol. The SMILES string of the molecule is Cc1ccc(Br)nc1C[C@@H](CC(C)(C)S(N)=O)c1ccccc1-c1noc2ccccc12. The van der Waals surface area contributed by atoms with Crippen LogP contribution in [0.25, 0.3) is 22.2 Å². The van der Waals surface area contributed by atoms with Crippen LogP contribution in [-0.4, -0.2) is 19.1 Å². The maximum Gasteiger partial charge on any atom is 0.167 e. The predicted molar refractivity (Wildman–Crippen MR) is 134 cm³/mol. The van der Waals surface area contributed by atoms with E-state index >= 15 is 0 Å². The average molecular weight is 512 g/mol. The first-order valence-corrected chi connectivity index (χ1v) is 12.5. The van der Waals surface area contributed by atoms with Gasteiger partial charge in [0.2, 0.25) is 0 Å². The van der Waals surface area contributed by atoms with Crippen molar-refractivity contribution in [1.29, 1.82) is 0 Å². The summed E-state index contributed by atoms with van der Waals surface area (Å²) < 4.78 is 18.2. The van der Waals surface area contributed by atoms with E-state index in [-0.39, 0.29) is 5.92 Å². The number of rotatable bonds is 7. The van der Waals surface area contributed by atoms with E-state index in [1.165, 1.54) is 0 Å². The Balaban J connectivity index is 1.84. The van der Waals surface area contributed by atoms with Gasteiger partial charge in [-0.2, -0.15) is 0 Å². The van der Waals surface area contributed by atoms with Crippen LogP contribution >= 0.6 is 15.9 Å². The molecule has 0 saturated carbocycles. The fourth-order valence-corrected chi connectivity index (χ4v) is 4.81. The van der Waals surface area contributed by atoms with Crippen molar-refractivity contribution in [3.63, 3.8) is 0 Å². The van der Waals surface area contributed by atoms with Crippen LogP contribution < -0.4 is 5.14 Å². The minimum absolute atomic E-state index is 0.0321. The van der Waals surface area contributed by atoms with Gasteiger partial charge in [0, 0.05) is 16.6 Å². The minimum atomic E-state index is -1.47. The molecule has 0 bridgehead atoms. The van der Waals surface area contributed by atoms with Crippen LogP contribution in [0.3, 0.4) is 0 Å². The summed E-state index contributed by atoms with van der Waals surface area (Å²) in [5, 5.41) is 11.2. The van der Waals surface area contributed by atoms with E-state index in [0.29, 0.717) is 12.8 Å². The number of nitrogens with two attached hydrogens (primary N) is 1. The zero-order chi connectivity index (χ0) is 22.9. The maximum atomic E-state index is 12.3. The normalized spacial score (nSPS) is 13.9. The van der Waals surface area contributed by atoms with Gasteiger partial charge in [-0.05, 0) is 84.8 Å². The summed E-state index contributed by atoms with van der Waals surface area (Å²) in [6.07, 6.45) is 1.33. The highest BCUT2D eigenvalue weighted by molar-refractivity contribution is 9.10. The summed E-state index contributed by atoms with van der Waals surface area (Å²) in [7, 11) is -1.47. The quantitative estimate of drug-likeness (QED) is 0.305. The van der Waals surface area contributed by atoms with E-state index < -0.39 is 15.7 Å². The fraction of sp³-hybridized carbons (Fsp3) is 0.280. The lowest BCUT2D eigenvalue weighted by Gasteiger charge is -2.29. The predicted octanol–water partition coefficient (Wildman–Crippen LogP) is 6.08. The molecule has 0 aliphatic heterocycles. The Labute approximate surface area is 199 Å². The molecule has 4 rings (SSSR count). The van der Waals surface area contributed by atoms with Crippen molar-refractivity contribution < 1.29 is 8.73 Å². The molecule has 1 unspecified atom stereocenters. The molecule has 7 heteroatoms. The van der Waals surface area contributed by atoms with Gasteiger partial charge >= 0.3 is 0 Å². The Kier molecular flexibility index (Phi) is 6.60. The van der Waals surface area contributed by atoms with Crippen LogP contribution in [-0.2, 0) is 17.4 Å². The Morgan fingerprint density at radius 2 is 1.81 bits per heavy atom. The third-order valence-electron chi connectivity index (χ3n) is 5.92. The van der Waals surface area contributed by atoms with E-state index in [2.05, 4.69) is 46.2 Å². The van der Waals surface area contributed by atoms with Crippen molar-refractivity contribution in [3.8, 4) is 11.3 Å². The van der Waals surface area contributed by atoms with Crippen LogP contribution in [0.2, 0.25) is 0 Å². The second kappa shape index (κ2) is 9.25. The van der Waals surface area contributed by atoms with Crippen molar-refractivity contribution in [2.75, 3.05) is 0 Å². The minimum Gasteiger partial charge on any atom is -0.356 e. The third kappa shape index (κ3) is 4.70. The molecule has 32 heavy (non-hydrogen) atoms. The molecule has 4 aromatic rings. The lowest BCUT2D eigenvalue weighted by molar-refractivity contribution is 0.459. The molecule has 0 aliphatic rings. The molecule has 0 saturated heterocycles. The number of benzene rings is 2.